The first-order valence-corrected chi connectivity index (χ1v) is 10.5. The Kier molecular flexibility index (Phi) is 7.56. The lowest BCUT2D eigenvalue weighted by atomic mass is 10.2. The summed E-state index contributed by atoms with van der Waals surface area (Å²) in [5.74, 6) is -0.313. The Morgan fingerprint density at radius 2 is 1.71 bits per heavy atom. The molecule has 0 spiro atoms. The molecule has 28 heavy (non-hydrogen) atoms. The van der Waals surface area contributed by atoms with Crippen LogP contribution >= 0.6 is 0 Å². The van der Waals surface area contributed by atoms with E-state index in [9.17, 15) is 13.2 Å². The predicted octanol–water partition coefficient (Wildman–Crippen LogP) is 2.48. The molecule has 8 heteroatoms. The van der Waals surface area contributed by atoms with Crippen LogP contribution < -0.4 is 15.2 Å². The maximum Gasteiger partial charge on any atom is 0.269 e. The minimum atomic E-state index is -3.67. The first-order valence-electron chi connectivity index (χ1n) is 9.03. The number of amides is 1. The van der Waals surface area contributed by atoms with Crippen LogP contribution in [0.3, 0.4) is 0 Å². The van der Waals surface area contributed by atoms with Gasteiger partial charge in [-0.2, -0.15) is 0 Å². The summed E-state index contributed by atoms with van der Waals surface area (Å²) in [5, 5.41) is 1.74. The topological polar surface area (TPSA) is 87.7 Å². The lowest BCUT2D eigenvalue weighted by molar-refractivity contribution is 0.0949. The summed E-state index contributed by atoms with van der Waals surface area (Å²) >= 11 is 0. The fourth-order valence-corrected chi connectivity index (χ4v) is 3.87. The number of anilines is 1. The fourth-order valence-electron chi connectivity index (χ4n) is 2.64. The second kappa shape index (κ2) is 9.68. The number of ether oxygens (including phenoxy) is 1. The molecule has 0 aliphatic carbocycles. The van der Waals surface area contributed by atoms with E-state index in [0.717, 1.165) is 11.3 Å². The third-order valence-corrected chi connectivity index (χ3v) is 5.70. The van der Waals surface area contributed by atoms with Crippen molar-refractivity contribution in [3.8, 4) is 0 Å². The van der Waals surface area contributed by atoms with E-state index in [1.807, 2.05) is 38.1 Å². The highest BCUT2D eigenvalue weighted by molar-refractivity contribution is 7.89. The maximum atomic E-state index is 12.5. The SMILES string of the molecule is CCN(NC(=O)c1ccc(S(=O)(=O)N[C@H](C)COC)cc1)c1ccc(C)cc1. The van der Waals surface area contributed by atoms with E-state index >= 15 is 0 Å². The number of sulfonamides is 1. The van der Waals surface area contributed by atoms with Gasteiger partial charge in [0.1, 0.15) is 0 Å². The van der Waals surface area contributed by atoms with E-state index in [0.29, 0.717) is 12.1 Å². The molecule has 2 rings (SSSR count). The van der Waals surface area contributed by atoms with Crippen LogP contribution in [0.4, 0.5) is 5.69 Å². The fraction of sp³-hybridized carbons (Fsp3) is 0.350. The molecule has 0 bridgehead atoms. The van der Waals surface area contributed by atoms with E-state index in [-0.39, 0.29) is 23.5 Å². The normalized spacial score (nSPS) is 12.4. The van der Waals surface area contributed by atoms with Gasteiger partial charge < -0.3 is 4.74 Å². The Morgan fingerprint density at radius 1 is 1.11 bits per heavy atom. The van der Waals surface area contributed by atoms with Crippen molar-refractivity contribution < 1.29 is 17.9 Å². The van der Waals surface area contributed by atoms with Crippen LogP contribution in [0.15, 0.2) is 53.4 Å². The monoisotopic (exact) mass is 405 g/mol. The molecule has 0 heterocycles. The highest BCUT2D eigenvalue weighted by Gasteiger charge is 2.18. The number of carbonyl (C=O) groups excluding carboxylic acids is 1. The molecule has 0 unspecified atom stereocenters. The molecule has 0 saturated carbocycles. The van der Waals surface area contributed by atoms with Gasteiger partial charge in [-0.05, 0) is 57.2 Å². The van der Waals surface area contributed by atoms with Gasteiger partial charge >= 0.3 is 0 Å². The molecule has 0 fully saturated rings. The van der Waals surface area contributed by atoms with E-state index in [1.165, 1.54) is 31.4 Å². The number of hydrazine groups is 1. The summed E-state index contributed by atoms with van der Waals surface area (Å²) in [5.41, 5.74) is 5.22. The molecule has 1 amide bonds. The van der Waals surface area contributed by atoms with Crippen molar-refractivity contribution in [2.75, 3.05) is 25.3 Å². The van der Waals surface area contributed by atoms with Gasteiger partial charge in [0.05, 0.1) is 17.2 Å². The van der Waals surface area contributed by atoms with Crippen LogP contribution in [0.25, 0.3) is 0 Å². The lowest BCUT2D eigenvalue weighted by Gasteiger charge is -2.24. The van der Waals surface area contributed by atoms with Crippen molar-refractivity contribution in [2.45, 2.75) is 31.7 Å². The average molecular weight is 406 g/mol. The zero-order valence-corrected chi connectivity index (χ0v) is 17.4. The standard InChI is InChI=1S/C20H27N3O4S/c1-5-23(18-10-6-15(2)7-11-18)21-20(24)17-8-12-19(13-9-17)28(25,26)22-16(3)14-27-4/h6-13,16,22H,5,14H2,1-4H3,(H,21,24)/t16-/m1/s1. The van der Waals surface area contributed by atoms with Crippen LogP contribution in [0.1, 0.15) is 29.8 Å². The van der Waals surface area contributed by atoms with Gasteiger partial charge in [-0.15, -0.1) is 0 Å². The molecule has 0 aliphatic rings. The first-order chi connectivity index (χ1) is 13.3. The van der Waals surface area contributed by atoms with Crippen molar-refractivity contribution in [2.24, 2.45) is 0 Å². The average Bonchev–Trinajstić information content (AvgIpc) is 2.66. The summed E-state index contributed by atoms with van der Waals surface area (Å²) in [6, 6.07) is 13.3. The predicted molar refractivity (Wildman–Crippen MR) is 110 cm³/mol. The summed E-state index contributed by atoms with van der Waals surface area (Å²) in [6.07, 6.45) is 0. The second-order valence-corrected chi connectivity index (χ2v) is 8.24. The van der Waals surface area contributed by atoms with E-state index in [2.05, 4.69) is 10.1 Å². The van der Waals surface area contributed by atoms with Crippen molar-refractivity contribution >= 4 is 21.6 Å². The number of nitrogens with one attached hydrogen (secondary N) is 2. The zero-order valence-electron chi connectivity index (χ0n) is 16.6. The number of benzene rings is 2. The molecule has 0 radical (unpaired) electrons. The number of aryl methyl sites for hydroxylation is 1. The van der Waals surface area contributed by atoms with Crippen molar-refractivity contribution in [3.63, 3.8) is 0 Å². The number of carbonyl (C=O) groups is 1. The number of methoxy groups -OCH3 is 1. The van der Waals surface area contributed by atoms with Crippen LogP contribution in [0.5, 0.6) is 0 Å². The van der Waals surface area contributed by atoms with Crippen molar-refractivity contribution in [1.29, 1.82) is 0 Å². The van der Waals surface area contributed by atoms with Gasteiger partial charge in [-0.3, -0.25) is 15.2 Å². The third-order valence-electron chi connectivity index (χ3n) is 4.10. The Labute approximate surface area is 166 Å². The minimum Gasteiger partial charge on any atom is -0.383 e. The van der Waals surface area contributed by atoms with E-state index < -0.39 is 10.0 Å². The summed E-state index contributed by atoms with van der Waals surface area (Å²) in [6.45, 7) is 6.50. The molecule has 0 aliphatic heterocycles. The molecule has 2 aromatic rings. The van der Waals surface area contributed by atoms with Gasteiger partial charge in [-0.1, -0.05) is 17.7 Å². The van der Waals surface area contributed by atoms with Crippen LogP contribution in [0.2, 0.25) is 0 Å². The largest absolute Gasteiger partial charge is 0.383 e. The number of hydrogen-bond acceptors (Lipinski definition) is 5. The molecular weight excluding hydrogens is 378 g/mol. The molecule has 0 saturated heterocycles. The van der Waals surface area contributed by atoms with Crippen LogP contribution in [-0.2, 0) is 14.8 Å². The van der Waals surface area contributed by atoms with Gasteiger partial charge in [0.25, 0.3) is 5.91 Å². The van der Waals surface area contributed by atoms with E-state index in [1.54, 1.807) is 11.9 Å². The number of rotatable bonds is 9. The van der Waals surface area contributed by atoms with Crippen molar-refractivity contribution in [1.82, 2.24) is 10.1 Å². The van der Waals surface area contributed by atoms with Gasteiger partial charge in [0.2, 0.25) is 10.0 Å². The van der Waals surface area contributed by atoms with Gasteiger partial charge in [0, 0.05) is 25.3 Å². The molecule has 1 atom stereocenters. The smallest absolute Gasteiger partial charge is 0.269 e. The van der Waals surface area contributed by atoms with Crippen LogP contribution in [0, 0.1) is 6.92 Å². The lowest BCUT2D eigenvalue weighted by Crippen LogP contribution is -2.42. The molecule has 152 valence electrons. The Bertz CT molecular complexity index is 881. The zero-order chi connectivity index (χ0) is 20.7. The van der Waals surface area contributed by atoms with Gasteiger partial charge in [0.15, 0.2) is 0 Å². The molecule has 2 aromatic carbocycles. The quantitative estimate of drug-likeness (QED) is 0.626. The highest BCUT2D eigenvalue weighted by atomic mass is 32.2. The molecule has 7 nitrogen and oxygen atoms in total. The highest BCUT2D eigenvalue weighted by Crippen LogP contribution is 2.15. The third kappa shape index (κ3) is 5.79. The molecular formula is C20H27N3O4S. The Morgan fingerprint density at radius 3 is 2.25 bits per heavy atom. The Hall–Kier alpha value is -2.42. The summed E-state index contributed by atoms with van der Waals surface area (Å²) in [4.78, 5) is 12.6. The molecule has 0 aromatic heterocycles. The summed E-state index contributed by atoms with van der Waals surface area (Å²) < 4.78 is 32.2. The first kappa shape index (κ1) is 21.9. The minimum absolute atomic E-state index is 0.0953. The Balaban J connectivity index is 2.09. The van der Waals surface area contributed by atoms with Gasteiger partial charge in [-0.25, -0.2) is 13.1 Å². The van der Waals surface area contributed by atoms with Crippen molar-refractivity contribution in [3.05, 3.63) is 59.7 Å². The number of nitrogens with zero attached hydrogens (tertiary/aromatic N) is 1. The number of hydrogen-bond donors (Lipinski definition) is 2. The molecule has 2 N–H and O–H groups in total. The summed E-state index contributed by atoms with van der Waals surface area (Å²) in [7, 11) is -2.16. The second-order valence-electron chi connectivity index (χ2n) is 6.52. The van der Waals surface area contributed by atoms with E-state index in [4.69, 9.17) is 4.74 Å². The van der Waals surface area contributed by atoms with Crippen LogP contribution in [-0.4, -0.2) is 40.6 Å². The maximum absolute atomic E-state index is 12.5.